The number of benzene rings is 1. The second-order valence-electron chi connectivity index (χ2n) is 5.87. The van der Waals surface area contributed by atoms with E-state index in [1.165, 1.54) is 0 Å². The topological polar surface area (TPSA) is 52.6 Å². The van der Waals surface area contributed by atoms with Crippen LogP contribution in [0.15, 0.2) is 24.3 Å². The molecule has 19 heavy (non-hydrogen) atoms. The normalized spacial score (nSPS) is 15.9. The quantitative estimate of drug-likeness (QED) is 0.855. The third-order valence-electron chi connectivity index (χ3n) is 3.45. The van der Waals surface area contributed by atoms with E-state index >= 15 is 0 Å². The van der Waals surface area contributed by atoms with Crippen molar-refractivity contribution in [3.63, 3.8) is 0 Å². The maximum atomic E-state index is 11.6. The van der Waals surface area contributed by atoms with E-state index in [4.69, 9.17) is 0 Å². The predicted molar refractivity (Wildman–Crippen MR) is 77.4 cm³/mol. The summed E-state index contributed by atoms with van der Waals surface area (Å²) < 4.78 is 0. The van der Waals surface area contributed by atoms with Crippen molar-refractivity contribution in [1.82, 2.24) is 0 Å². The molecule has 1 fully saturated rings. The third kappa shape index (κ3) is 3.47. The van der Waals surface area contributed by atoms with Crippen LogP contribution in [0.3, 0.4) is 0 Å². The number of hydrogen-bond donors (Lipinski definition) is 2. The minimum Gasteiger partial charge on any atom is -0.396 e. The molecule has 0 saturated carbocycles. The molecule has 2 rings (SSSR count). The fourth-order valence-corrected chi connectivity index (χ4v) is 2.08. The van der Waals surface area contributed by atoms with Gasteiger partial charge in [-0.1, -0.05) is 13.8 Å². The summed E-state index contributed by atoms with van der Waals surface area (Å²) in [5.41, 5.74) is 1.84. The average molecular weight is 262 g/mol. The summed E-state index contributed by atoms with van der Waals surface area (Å²) in [7, 11) is 0. The van der Waals surface area contributed by atoms with Crippen LogP contribution in [-0.2, 0) is 4.79 Å². The number of rotatable bonds is 5. The first-order valence-electron chi connectivity index (χ1n) is 6.77. The Balaban J connectivity index is 1.97. The summed E-state index contributed by atoms with van der Waals surface area (Å²) >= 11 is 0. The largest absolute Gasteiger partial charge is 0.396 e. The van der Waals surface area contributed by atoms with E-state index in [1.54, 1.807) is 0 Å². The first-order valence-corrected chi connectivity index (χ1v) is 6.77. The Morgan fingerprint density at radius 2 is 2.00 bits per heavy atom. The smallest absolute Gasteiger partial charge is 0.227 e. The zero-order valence-electron chi connectivity index (χ0n) is 11.6. The van der Waals surface area contributed by atoms with Crippen molar-refractivity contribution >= 4 is 17.3 Å². The molecule has 0 aromatic heterocycles. The Morgan fingerprint density at radius 3 is 2.53 bits per heavy atom. The van der Waals surface area contributed by atoms with Gasteiger partial charge in [0, 0.05) is 42.9 Å². The molecule has 1 saturated heterocycles. The van der Waals surface area contributed by atoms with E-state index in [-0.39, 0.29) is 17.9 Å². The van der Waals surface area contributed by atoms with Gasteiger partial charge in [0.1, 0.15) is 0 Å². The van der Waals surface area contributed by atoms with Crippen LogP contribution in [0.25, 0.3) is 0 Å². The second kappa shape index (κ2) is 5.61. The van der Waals surface area contributed by atoms with Gasteiger partial charge in [-0.2, -0.15) is 0 Å². The number of hydrogen-bond acceptors (Lipinski definition) is 3. The summed E-state index contributed by atoms with van der Waals surface area (Å²) in [6.45, 7) is 5.71. The highest BCUT2D eigenvalue weighted by atomic mass is 16.3. The molecule has 0 unspecified atom stereocenters. The summed E-state index contributed by atoms with van der Waals surface area (Å²) in [6, 6.07) is 7.90. The molecule has 1 aliphatic rings. The molecule has 2 N–H and O–H groups in total. The number of anilines is 2. The number of aliphatic hydroxyl groups excluding tert-OH is 1. The van der Waals surface area contributed by atoms with Crippen LogP contribution in [-0.4, -0.2) is 30.7 Å². The van der Waals surface area contributed by atoms with Crippen molar-refractivity contribution in [2.45, 2.75) is 26.7 Å². The van der Waals surface area contributed by atoms with Crippen LogP contribution in [0, 0.1) is 5.41 Å². The van der Waals surface area contributed by atoms with E-state index in [0.29, 0.717) is 13.0 Å². The van der Waals surface area contributed by atoms with Gasteiger partial charge >= 0.3 is 0 Å². The van der Waals surface area contributed by atoms with Gasteiger partial charge in [-0.3, -0.25) is 4.79 Å². The standard InChI is InChI=1S/C15H22N2O2/c1-15(2,11-18)10-16-12-5-7-13(8-6-12)17-9-3-4-14(17)19/h5-8,16,18H,3-4,9-11H2,1-2H3. The van der Waals surface area contributed by atoms with Crippen molar-refractivity contribution in [2.75, 3.05) is 29.9 Å². The van der Waals surface area contributed by atoms with E-state index in [0.717, 1.165) is 24.3 Å². The monoisotopic (exact) mass is 262 g/mol. The number of carbonyl (C=O) groups is 1. The lowest BCUT2D eigenvalue weighted by Crippen LogP contribution is -2.27. The molecular formula is C15H22N2O2. The number of amides is 1. The maximum absolute atomic E-state index is 11.6. The number of aliphatic hydroxyl groups is 1. The van der Waals surface area contributed by atoms with Gasteiger partial charge in [0.25, 0.3) is 0 Å². The van der Waals surface area contributed by atoms with Crippen LogP contribution in [0.5, 0.6) is 0 Å². The van der Waals surface area contributed by atoms with E-state index in [1.807, 2.05) is 43.0 Å². The summed E-state index contributed by atoms with van der Waals surface area (Å²) in [5.74, 6) is 0.210. The molecule has 0 aliphatic carbocycles. The van der Waals surface area contributed by atoms with Crippen LogP contribution in [0.1, 0.15) is 26.7 Å². The lowest BCUT2D eigenvalue weighted by Gasteiger charge is -2.23. The van der Waals surface area contributed by atoms with E-state index in [2.05, 4.69) is 5.32 Å². The minimum atomic E-state index is -0.135. The van der Waals surface area contributed by atoms with Gasteiger partial charge in [0.05, 0.1) is 0 Å². The molecule has 4 heteroatoms. The lowest BCUT2D eigenvalue weighted by atomic mass is 9.95. The van der Waals surface area contributed by atoms with Crippen LogP contribution in [0.2, 0.25) is 0 Å². The zero-order valence-corrected chi connectivity index (χ0v) is 11.6. The van der Waals surface area contributed by atoms with Crippen molar-refractivity contribution in [2.24, 2.45) is 5.41 Å². The lowest BCUT2D eigenvalue weighted by molar-refractivity contribution is -0.117. The molecule has 1 aliphatic heterocycles. The van der Waals surface area contributed by atoms with Gasteiger partial charge in [-0.15, -0.1) is 0 Å². The second-order valence-corrected chi connectivity index (χ2v) is 5.87. The fraction of sp³-hybridized carbons (Fsp3) is 0.533. The number of nitrogens with one attached hydrogen (secondary N) is 1. The number of nitrogens with zero attached hydrogens (tertiary/aromatic N) is 1. The summed E-state index contributed by atoms with van der Waals surface area (Å²) in [4.78, 5) is 13.5. The molecule has 1 amide bonds. The molecule has 4 nitrogen and oxygen atoms in total. The van der Waals surface area contributed by atoms with Gasteiger partial charge < -0.3 is 15.3 Å². The molecule has 1 heterocycles. The molecule has 104 valence electrons. The first kappa shape index (κ1) is 13.9. The molecular weight excluding hydrogens is 240 g/mol. The molecule has 0 spiro atoms. The maximum Gasteiger partial charge on any atom is 0.227 e. The summed E-state index contributed by atoms with van der Waals surface area (Å²) in [6.07, 6.45) is 1.61. The first-order chi connectivity index (χ1) is 9.02. The fourth-order valence-electron chi connectivity index (χ4n) is 2.08. The summed E-state index contributed by atoms with van der Waals surface area (Å²) in [5, 5.41) is 12.5. The SMILES string of the molecule is CC(C)(CO)CNc1ccc(N2CCCC2=O)cc1. The number of carbonyl (C=O) groups excluding carboxylic acids is 1. The molecule has 1 aromatic carbocycles. The van der Waals surface area contributed by atoms with Gasteiger partial charge in [0.15, 0.2) is 0 Å². The highest BCUT2D eigenvalue weighted by molar-refractivity contribution is 5.95. The van der Waals surface area contributed by atoms with E-state index < -0.39 is 0 Å². The van der Waals surface area contributed by atoms with Crippen LogP contribution < -0.4 is 10.2 Å². The van der Waals surface area contributed by atoms with Crippen molar-refractivity contribution in [1.29, 1.82) is 0 Å². The zero-order chi connectivity index (χ0) is 13.9. The van der Waals surface area contributed by atoms with Crippen LogP contribution >= 0.6 is 0 Å². The average Bonchev–Trinajstić information content (AvgIpc) is 2.83. The highest BCUT2D eigenvalue weighted by Gasteiger charge is 2.21. The molecule has 0 radical (unpaired) electrons. The van der Waals surface area contributed by atoms with Gasteiger partial charge in [-0.05, 0) is 30.7 Å². The van der Waals surface area contributed by atoms with Gasteiger partial charge in [-0.25, -0.2) is 0 Å². The molecule has 1 aromatic rings. The molecule has 0 bridgehead atoms. The Morgan fingerprint density at radius 1 is 1.32 bits per heavy atom. The van der Waals surface area contributed by atoms with Gasteiger partial charge in [0.2, 0.25) is 5.91 Å². The van der Waals surface area contributed by atoms with Crippen molar-refractivity contribution in [3.8, 4) is 0 Å². The minimum absolute atomic E-state index is 0.135. The Kier molecular flexibility index (Phi) is 4.10. The van der Waals surface area contributed by atoms with Crippen molar-refractivity contribution < 1.29 is 9.90 Å². The molecule has 0 atom stereocenters. The highest BCUT2D eigenvalue weighted by Crippen LogP contribution is 2.23. The third-order valence-corrected chi connectivity index (χ3v) is 3.45. The Labute approximate surface area is 114 Å². The predicted octanol–water partition coefficient (Wildman–Crippen LogP) is 2.24. The van der Waals surface area contributed by atoms with Crippen molar-refractivity contribution in [3.05, 3.63) is 24.3 Å². The Bertz CT molecular complexity index is 440. The van der Waals surface area contributed by atoms with E-state index in [9.17, 15) is 9.90 Å². The Hall–Kier alpha value is -1.55. The van der Waals surface area contributed by atoms with Crippen LogP contribution in [0.4, 0.5) is 11.4 Å².